The Bertz CT molecular complexity index is 650. The van der Waals surface area contributed by atoms with Gasteiger partial charge in [-0.3, -0.25) is 4.90 Å². The van der Waals surface area contributed by atoms with Gasteiger partial charge in [-0.05, 0) is 53.6 Å². The summed E-state index contributed by atoms with van der Waals surface area (Å²) in [6.45, 7) is 0.243. The Morgan fingerprint density at radius 3 is 2.70 bits per heavy atom. The van der Waals surface area contributed by atoms with Crippen LogP contribution in [0.1, 0.15) is 11.8 Å². The van der Waals surface area contributed by atoms with Crippen LogP contribution in [-0.2, 0) is 10.0 Å². The van der Waals surface area contributed by atoms with Gasteiger partial charge in [-0.25, -0.2) is 13.1 Å². The number of rotatable bonds is 6. The fourth-order valence-electron chi connectivity index (χ4n) is 1.74. The van der Waals surface area contributed by atoms with Gasteiger partial charge >= 0.3 is 0 Å². The Labute approximate surface area is 130 Å². The van der Waals surface area contributed by atoms with Gasteiger partial charge < -0.3 is 4.42 Å². The molecule has 1 N–H and O–H groups in total. The highest BCUT2D eigenvalue weighted by Crippen LogP contribution is 2.28. The standard InChI is InChI=1S/C12H15BrN2O3S2/c1-15(2)10(11-4-3-6-18-11)8-14-20(16,17)12-9(13)5-7-19-12/h3-7,10,14H,8H2,1-2H3. The number of nitrogens with zero attached hydrogens (tertiary/aromatic N) is 1. The second kappa shape index (κ2) is 6.40. The lowest BCUT2D eigenvalue weighted by Crippen LogP contribution is -2.34. The maximum Gasteiger partial charge on any atom is 0.251 e. The maximum absolute atomic E-state index is 12.2. The third-order valence-corrected chi connectivity index (χ3v) is 6.88. The Kier molecular flexibility index (Phi) is 5.03. The van der Waals surface area contributed by atoms with Crippen molar-refractivity contribution in [3.05, 3.63) is 40.1 Å². The number of halogens is 1. The normalized spacial score (nSPS) is 13.8. The number of likely N-dealkylation sites (N-methyl/N-ethyl adjacent to an activating group) is 1. The summed E-state index contributed by atoms with van der Waals surface area (Å²) >= 11 is 4.42. The molecule has 8 heteroatoms. The van der Waals surface area contributed by atoms with Crippen LogP contribution in [0, 0.1) is 0 Å². The van der Waals surface area contributed by atoms with Crippen molar-refractivity contribution in [2.75, 3.05) is 20.6 Å². The van der Waals surface area contributed by atoms with E-state index in [4.69, 9.17) is 4.42 Å². The molecule has 2 heterocycles. The van der Waals surface area contributed by atoms with Crippen LogP contribution in [0.5, 0.6) is 0 Å². The highest BCUT2D eigenvalue weighted by Gasteiger charge is 2.23. The van der Waals surface area contributed by atoms with Gasteiger partial charge in [0.1, 0.15) is 9.97 Å². The number of nitrogens with one attached hydrogen (secondary N) is 1. The summed E-state index contributed by atoms with van der Waals surface area (Å²) in [5.74, 6) is 0.725. The molecule has 110 valence electrons. The van der Waals surface area contributed by atoms with E-state index in [1.165, 1.54) is 11.3 Å². The van der Waals surface area contributed by atoms with Crippen molar-refractivity contribution in [1.29, 1.82) is 0 Å². The zero-order chi connectivity index (χ0) is 14.8. The van der Waals surface area contributed by atoms with Crippen molar-refractivity contribution < 1.29 is 12.8 Å². The van der Waals surface area contributed by atoms with Gasteiger partial charge in [0.05, 0.1) is 12.3 Å². The molecular formula is C12H15BrN2O3S2. The van der Waals surface area contributed by atoms with E-state index in [1.54, 1.807) is 23.8 Å². The van der Waals surface area contributed by atoms with Gasteiger partial charge in [0, 0.05) is 11.0 Å². The van der Waals surface area contributed by atoms with Crippen molar-refractivity contribution in [3.8, 4) is 0 Å². The fraction of sp³-hybridized carbons (Fsp3) is 0.333. The zero-order valence-electron chi connectivity index (χ0n) is 11.0. The molecule has 20 heavy (non-hydrogen) atoms. The van der Waals surface area contributed by atoms with Crippen LogP contribution in [0.2, 0.25) is 0 Å². The second-order valence-electron chi connectivity index (χ2n) is 4.40. The zero-order valence-corrected chi connectivity index (χ0v) is 14.3. The molecule has 0 aromatic carbocycles. The minimum absolute atomic E-state index is 0.154. The van der Waals surface area contributed by atoms with E-state index in [0.717, 1.165) is 5.76 Å². The molecular weight excluding hydrogens is 364 g/mol. The highest BCUT2D eigenvalue weighted by molar-refractivity contribution is 9.10. The third-order valence-electron chi connectivity index (χ3n) is 2.79. The predicted octanol–water partition coefficient (Wildman–Crippen LogP) is 2.68. The number of furan rings is 1. The molecule has 1 unspecified atom stereocenters. The quantitative estimate of drug-likeness (QED) is 0.838. The van der Waals surface area contributed by atoms with E-state index in [9.17, 15) is 8.42 Å². The number of hydrogen-bond acceptors (Lipinski definition) is 5. The van der Waals surface area contributed by atoms with Crippen LogP contribution in [-0.4, -0.2) is 34.0 Å². The summed E-state index contributed by atoms with van der Waals surface area (Å²) in [4.78, 5) is 1.91. The molecule has 5 nitrogen and oxygen atoms in total. The molecule has 2 rings (SSSR count). The summed E-state index contributed by atoms with van der Waals surface area (Å²) < 4.78 is 33.3. The molecule has 0 amide bonds. The SMILES string of the molecule is CN(C)C(CNS(=O)(=O)c1sccc1Br)c1ccco1. The van der Waals surface area contributed by atoms with Crippen LogP contribution >= 0.6 is 27.3 Å². The van der Waals surface area contributed by atoms with Crippen molar-refractivity contribution in [3.63, 3.8) is 0 Å². The summed E-state index contributed by atoms with van der Waals surface area (Å²) in [5.41, 5.74) is 0. The summed E-state index contributed by atoms with van der Waals surface area (Å²) in [5, 5.41) is 1.73. The van der Waals surface area contributed by atoms with Gasteiger partial charge in [0.25, 0.3) is 10.0 Å². The Morgan fingerprint density at radius 1 is 1.45 bits per heavy atom. The molecule has 2 aromatic heterocycles. The van der Waals surface area contributed by atoms with Crippen molar-refractivity contribution in [2.45, 2.75) is 10.3 Å². The summed E-state index contributed by atoms with van der Waals surface area (Å²) in [7, 11) is 0.241. The topological polar surface area (TPSA) is 62.6 Å². The van der Waals surface area contributed by atoms with E-state index in [2.05, 4.69) is 20.7 Å². The van der Waals surface area contributed by atoms with E-state index < -0.39 is 10.0 Å². The Morgan fingerprint density at radius 2 is 2.20 bits per heavy atom. The first kappa shape index (κ1) is 15.7. The van der Waals surface area contributed by atoms with Gasteiger partial charge in [-0.2, -0.15) is 0 Å². The lowest BCUT2D eigenvalue weighted by atomic mass is 10.2. The van der Waals surface area contributed by atoms with E-state index in [-0.39, 0.29) is 16.8 Å². The van der Waals surface area contributed by atoms with Crippen LogP contribution < -0.4 is 4.72 Å². The molecule has 1 atom stereocenters. The summed E-state index contributed by atoms with van der Waals surface area (Å²) in [6.07, 6.45) is 1.58. The molecule has 0 aliphatic rings. The summed E-state index contributed by atoms with van der Waals surface area (Å²) in [6, 6.07) is 5.18. The van der Waals surface area contributed by atoms with Crippen LogP contribution in [0.25, 0.3) is 0 Å². The van der Waals surface area contributed by atoms with Crippen molar-refractivity contribution in [1.82, 2.24) is 9.62 Å². The Hall–Kier alpha value is -0.670. The van der Waals surface area contributed by atoms with Crippen molar-refractivity contribution in [2.24, 2.45) is 0 Å². The second-order valence-corrected chi connectivity index (χ2v) is 8.14. The fourth-order valence-corrected chi connectivity index (χ4v) is 5.16. The largest absolute Gasteiger partial charge is 0.468 e. The predicted molar refractivity (Wildman–Crippen MR) is 82.3 cm³/mol. The molecule has 0 aliphatic carbocycles. The molecule has 2 aromatic rings. The van der Waals surface area contributed by atoms with Crippen LogP contribution in [0.3, 0.4) is 0 Å². The average molecular weight is 379 g/mol. The molecule has 0 radical (unpaired) electrons. The molecule has 0 aliphatic heterocycles. The van der Waals surface area contributed by atoms with Crippen molar-refractivity contribution >= 4 is 37.3 Å². The smallest absolute Gasteiger partial charge is 0.251 e. The average Bonchev–Trinajstić information content (AvgIpc) is 3.00. The molecule has 0 fully saturated rings. The van der Waals surface area contributed by atoms with Gasteiger partial charge in [-0.1, -0.05) is 0 Å². The number of sulfonamides is 1. The van der Waals surface area contributed by atoms with Crippen LogP contribution in [0.15, 0.2) is 42.9 Å². The van der Waals surface area contributed by atoms with Gasteiger partial charge in [-0.15, -0.1) is 11.3 Å². The van der Waals surface area contributed by atoms with Gasteiger partial charge in [0.2, 0.25) is 0 Å². The first-order valence-electron chi connectivity index (χ1n) is 5.84. The Balaban J connectivity index is 2.12. The first-order valence-corrected chi connectivity index (χ1v) is 9.00. The highest BCUT2D eigenvalue weighted by atomic mass is 79.9. The maximum atomic E-state index is 12.2. The number of thiophene rings is 1. The lowest BCUT2D eigenvalue weighted by molar-refractivity contribution is 0.259. The minimum Gasteiger partial charge on any atom is -0.468 e. The lowest BCUT2D eigenvalue weighted by Gasteiger charge is -2.22. The van der Waals surface area contributed by atoms with Crippen LogP contribution in [0.4, 0.5) is 0 Å². The van der Waals surface area contributed by atoms with E-state index in [1.807, 2.05) is 25.1 Å². The molecule has 0 bridgehead atoms. The molecule has 0 saturated heterocycles. The third kappa shape index (κ3) is 3.50. The monoisotopic (exact) mass is 378 g/mol. The van der Waals surface area contributed by atoms with E-state index >= 15 is 0 Å². The first-order chi connectivity index (χ1) is 9.42. The molecule has 0 saturated carbocycles. The number of hydrogen-bond donors (Lipinski definition) is 1. The molecule has 0 spiro atoms. The van der Waals surface area contributed by atoms with E-state index in [0.29, 0.717) is 4.47 Å². The van der Waals surface area contributed by atoms with Gasteiger partial charge in [0.15, 0.2) is 0 Å². The minimum atomic E-state index is -3.51.